The van der Waals surface area contributed by atoms with E-state index < -0.39 is 23.4 Å². The van der Waals surface area contributed by atoms with Crippen LogP contribution in [0.4, 0.5) is 0 Å². The van der Waals surface area contributed by atoms with E-state index in [0.717, 1.165) is 15.9 Å². The van der Waals surface area contributed by atoms with Gasteiger partial charge in [-0.3, -0.25) is 9.36 Å². The molecule has 0 aliphatic carbocycles. The van der Waals surface area contributed by atoms with Gasteiger partial charge in [-0.2, -0.15) is 0 Å². The van der Waals surface area contributed by atoms with Crippen LogP contribution in [0.3, 0.4) is 0 Å². The number of phenols is 2. The lowest BCUT2D eigenvalue weighted by atomic mass is 9.83. The molecule has 4 rings (SSSR count). The zero-order chi connectivity index (χ0) is 26.0. The fourth-order valence-electron chi connectivity index (χ4n) is 3.98. The maximum absolute atomic E-state index is 13.5. The maximum atomic E-state index is 13.5. The molecule has 0 bridgehead atoms. The number of nitrogens with zero attached hydrogens (tertiary/aromatic N) is 1. The van der Waals surface area contributed by atoms with Gasteiger partial charge >= 0.3 is 11.9 Å². The fraction of sp³-hybridized carbons (Fsp3) is 0.192. The molecule has 0 radical (unpaired) electrons. The third-order valence-corrected chi connectivity index (χ3v) is 6.66. The van der Waals surface area contributed by atoms with Crippen molar-refractivity contribution in [3.05, 3.63) is 84.8 Å². The molecule has 1 aliphatic heterocycles. The Kier molecular flexibility index (Phi) is 6.98. The Labute approximate surface area is 209 Å². The quantitative estimate of drug-likeness (QED) is 0.424. The first-order chi connectivity index (χ1) is 17.3. The van der Waals surface area contributed by atoms with Gasteiger partial charge in [-0.25, -0.2) is 9.59 Å². The van der Waals surface area contributed by atoms with Crippen LogP contribution in [0.25, 0.3) is 17.5 Å². The highest BCUT2D eigenvalue weighted by molar-refractivity contribution is 7.07. The molecule has 0 spiro atoms. The van der Waals surface area contributed by atoms with Crippen LogP contribution < -0.4 is 20.5 Å². The molecular weight excluding hydrogens is 484 g/mol. The molecule has 2 heterocycles. The van der Waals surface area contributed by atoms with Crippen molar-refractivity contribution in [2.75, 3.05) is 13.2 Å². The van der Waals surface area contributed by atoms with Crippen molar-refractivity contribution in [2.45, 2.75) is 19.8 Å². The largest absolute Gasteiger partial charge is 0.508 e. The molecule has 3 aromatic rings. The molecule has 0 fully saturated rings. The number of carbonyl (C=O) groups is 2. The molecule has 0 amide bonds. The first-order valence-electron chi connectivity index (χ1n) is 11.2. The number of rotatable bonds is 6. The van der Waals surface area contributed by atoms with Crippen molar-refractivity contribution in [3.8, 4) is 11.5 Å². The molecule has 10 heteroatoms. The van der Waals surface area contributed by atoms with Crippen molar-refractivity contribution in [3.63, 3.8) is 0 Å². The molecular formula is C26H24N2O7S. The summed E-state index contributed by atoms with van der Waals surface area (Å²) < 4.78 is 12.2. The highest BCUT2D eigenvalue weighted by Gasteiger charge is 2.39. The van der Waals surface area contributed by atoms with Crippen LogP contribution in [0.2, 0.25) is 0 Å². The number of hydrogen-bond donors (Lipinski definition) is 3. The first-order valence-corrected chi connectivity index (χ1v) is 12.0. The minimum absolute atomic E-state index is 0.000645. The van der Waals surface area contributed by atoms with Gasteiger partial charge in [-0.15, -0.1) is 11.3 Å². The second-order valence-corrected chi connectivity index (χ2v) is 8.86. The average molecular weight is 509 g/mol. The van der Waals surface area contributed by atoms with Crippen molar-refractivity contribution in [2.24, 2.45) is 5.73 Å². The summed E-state index contributed by atoms with van der Waals surface area (Å²) in [5.74, 6) is -2.56. The van der Waals surface area contributed by atoms with Gasteiger partial charge < -0.3 is 25.4 Å². The molecule has 0 saturated heterocycles. The Morgan fingerprint density at radius 2 is 1.47 bits per heavy atom. The van der Waals surface area contributed by atoms with E-state index in [1.165, 1.54) is 24.3 Å². The molecule has 36 heavy (non-hydrogen) atoms. The number of hydrogen-bond acceptors (Lipinski definition) is 9. The Hall–Kier alpha value is -4.31. The van der Waals surface area contributed by atoms with Crippen molar-refractivity contribution < 1.29 is 29.3 Å². The Bertz CT molecular complexity index is 1530. The van der Waals surface area contributed by atoms with Crippen molar-refractivity contribution >= 4 is 40.7 Å². The SMILES string of the molecule is CCOC(=O)C1=C(N)n2c(s/c(=C\c3ccc(O)cc3)c2=O)=C(C(=O)OCC)[C@@H]1c1ccc(O)cc1. The predicted molar refractivity (Wildman–Crippen MR) is 134 cm³/mol. The number of phenolic OH excluding ortho intramolecular Hbond substituents is 2. The van der Waals surface area contributed by atoms with Crippen LogP contribution >= 0.6 is 11.3 Å². The van der Waals surface area contributed by atoms with Crippen LogP contribution in [-0.2, 0) is 19.1 Å². The number of nitrogens with two attached hydrogens (primary N) is 1. The van der Waals surface area contributed by atoms with E-state index in [-0.39, 0.29) is 50.9 Å². The van der Waals surface area contributed by atoms with Gasteiger partial charge in [0.1, 0.15) is 22.0 Å². The molecule has 4 N–H and O–H groups in total. The number of esters is 2. The highest BCUT2D eigenvalue weighted by atomic mass is 32.1. The summed E-state index contributed by atoms with van der Waals surface area (Å²) in [5.41, 5.74) is 7.03. The molecule has 1 aromatic heterocycles. The lowest BCUT2D eigenvalue weighted by Gasteiger charge is -2.27. The molecule has 2 aromatic carbocycles. The van der Waals surface area contributed by atoms with E-state index in [9.17, 15) is 24.6 Å². The second-order valence-electron chi connectivity index (χ2n) is 7.83. The number of ether oxygens (including phenoxy) is 2. The highest BCUT2D eigenvalue weighted by Crippen LogP contribution is 2.38. The van der Waals surface area contributed by atoms with E-state index in [2.05, 4.69) is 0 Å². The summed E-state index contributed by atoms with van der Waals surface area (Å²) in [5, 5.41) is 19.3. The van der Waals surface area contributed by atoms with Crippen molar-refractivity contribution in [1.29, 1.82) is 0 Å². The number of fused-ring (bicyclic) bond motifs is 1. The van der Waals surface area contributed by atoms with Crippen LogP contribution in [0, 0.1) is 0 Å². The minimum Gasteiger partial charge on any atom is -0.508 e. The summed E-state index contributed by atoms with van der Waals surface area (Å²) in [6, 6.07) is 12.2. The van der Waals surface area contributed by atoms with E-state index in [0.29, 0.717) is 11.1 Å². The summed E-state index contributed by atoms with van der Waals surface area (Å²) in [4.78, 5) is 39.9. The van der Waals surface area contributed by atoms with Gasteiger partial charge in [0.2, 0.25) is 0 Å². The summed E-state index contributed by atoms with van der Waals surface area (Å²) >= 11 is 1.03. The summed E-state index contributed by atoms with van der Waals surface area (Å²) in [6.07, 6.45) is 1.60. The lowest BCUT2D eigenvalue weighted by molar-refractivity contribution is -0.138. The van der Waals surface area contributed by atoms with E-state index >= 15 is 0 Å². The molecule has 0 unspecified atom stereocenters. The normalized spacial score (nSPS) is 15.6. The van der Waals surface area contributed by atoms with Crippen LogP contribution in [0.15, 0.2) is 58.9 Å². The molecule has 9 nitrogen and oxygen atoms in total. The van der Waals surface area contributed by atoms with Gasteiger partial charge in [0.25, 0.3) is 5.56 Å². The Balaban J connectivity index is 2.10. The average Bonchev–Trinajstić information content (AvgIpc) is 3.17. The fourth-order valence-corrected chi connectivity index (χ4v) is 5.15. The van der Waals surface area contributed by atoms with Crippen molar-refractivity contribution in [1.82, 2.24) is 4.57 Å². The predicted octanol–water partition coefficient (Wildman–Crippen LogP) is 1.35. The van der Waals surface area contributed by atoms with Crippen LogP contribution in [0.1, 0.15) is 30.9 Å². The zero-order valence-electron chi connectivity index (χ0n) is 19.6. The standard InChI is InChI=1S/C26H24N2O7S/c1-3-34-25(32)20-19(15-7-11-17(30)12-8-15)21(26(33)35-4-2)24-28(22(20)27)23(31)18(36-24)13-14-5-9-16(29)10-6-14/h5-13,19,29-30H,3-4,27H2,1-2H3/b18-13-/t19-/m1/s1. The summed E-state index contributed by atoms with van der Waals surface area (Å²) in [7, 11) is 0. The molecule has 1 atom stereocenters. The van der Waals surface area contributed by atoms with Gasteiger partial charge in [0, 0.05) is 0 Å². The number of benzene rings is 2. The third-order valence-electron chi connectivity index (χ3n) is 5.56. The minimum atomic E-state index is -0.997. The van der Waals surface area contributed by atoms with Gasteiger partial charge in [0.05, 0.1) is 34.8 Å². The maximum Gasteiger partial charge on any atom is 0.338 e. The van der Waals surface area contributed by atoms with E-state index in [4.69, 9.17) is 15.2 Å². The lowest BCUT2D eigenvalue weighted by Crippen LogP contribution is -2.42. The van der Waals surface area contributed by atoms with Crippen LogP contribution in [0.5, 0.6) is 11.5 Å². The topological polar surface area (TPSA) is 141 Å². The third kappa shape index (κ3) is 4.50. The number of thiazole rings is 1. The molecule has 186 valence electrons. The second kappa shape index (κ2) is 10.1. The van der Waals surface area contributed by atoms with Crippen LogP contribution in [-0.4, -0.2) is 39.9 Å². The Morgan fingerprint density at radius 1 is 0.944 bits per heavy atom. The smallest absolute Gasteiger partial charge is 0.338 e. The number of carbonyl (C=O) groups excluding carboxylic acids is 2. The van der Waals surface area contributed by atoms with E-state index in [1.54, 1.807) is 44.2 Å². The van der Waals surface area contributed by atoms with E-state index in [1.807, 2.05) is 0 Å². The summed E-state index contributed by atoms with van der Waals surface area (Å²) in [6.45, 7) is 3.41. The number of aromatic hydroxyl groups is 2. The van der Waals surface area contributed by atoms with Gasteiger partial charge in [0.15, 0.2) is 0 Å². The Morgan fingerprint density at radius 3 is 2.03 bits per heavy atom. The van der Waals surface area contributed by atoms with Gasteiger partial charge in [-0.05, 0) is 55.3 Å². The number of aromatic nitrogens is 1. The first kappa shape index (κ1) is 24.8. The zero-order valence-corrected chi connectivity index (χ0v) is 20.4. The van der Waals surface area contributed by atoms with Gasteiger partial charge in [-0.1, -0.05) is 24.3 Å². The molecule has 0 saturated carbocycles. The monoisotopic (exact) mass is 508 g/mol. The molecule has 1 aliphatic rings.